The van der Waals surface area contributed by atoms with Crippen LogP contribution < -0.4 is 14.8 Å². The topological polar surface area (TPSA) is 115 Å². The molecule has 2 N–H and O–H groups in total. The molecule has 0 unspecified atom stereocenters. The number of sulfonamides is 1. The van der Waals surface area contributed by atoms with Gasteiger partial charge in [0.2, 0.25) is 5.88 Å². The number of urea groups is 1. The Labute approximate surface area is 197 Å². The molecule has 0 radical (unpaired) electrons. The Morgan fingerprint density at radius 2 is 1.94 bits per heavy atom. The van der Waals surface area contributed by atoms with Crippen molar-refractivity contribution in [1.82, 2.24) is 19.5 Å². The van der Waals surface area contributed by atoms with Crippen LogP contribution in [0, 0.1) is 0 Å². The molecule has 6 rings (SSSR count). The maximum Gasteiger partial charge on any atom is 0.333 e. The number of pyridine rings is 1. The molecule has 10 heteroatoms. The zero-order valence-electron chi connectivity index (χ0n) is 18.5. The largest absolute Gasteiger partial charge is 0.474 e. The highest BCUT2D eigenvalue weighted by Gasteiger charge is 2.28. The lowest BCUT2D eigenvalue weighted by Crippen LogP contribution is -2.35. The maximum absolute atomic E-state index is 12.9. The van der Waals surface area contributed by atoms with Gasteiger partial charge in [-0.05, 0) is 73.8 Å². The molecular weight excluding hydrogens is 454 g/mol. The first-order valence-corrected chi connectivity index (χ1v) is 13.1. The van der Waals surface area contributed by atoms with Crippen molar-refractivity contribution >= 4 is 21.7 Å². The van der Waals surface area contributed by atoms with Crippen molar-refractivity contribution in [2.75, 3.05) is 5.32 Å². The number of carbonyl (C=O) groups is 1. The number of ether oxygens (including phenoxy) is 1. The Balaban J connectivity index is 1.28. The quantitative estimate of drug-likeness (QED) is 0.532. The van der Waals surface area contributed by atoms with Gasteiger partial charge in [-0.1, -0.05) is 12.1 Å². The smallest absolute Gasteiger partial charge is 0.333 e. The average molecular weight is 480 g/mol. The molecule has 9 nitrogen and oxygen atoms in total. The van der Waals surface area contributed by atoms with Crippen molar-refractivity contribution in [3.05, 3.63) is 53.9 Å². The second-order valence-electron chi connectivity index (χ2n) is 9.10. The second-order valence-corrected chi connectivity index (χ2v) is 10.7. The minimum absolute atomic E-state index is 0.163. The van der Waals surface area contributed by atoms with Crippen molar-refractivity contribution < 1.29 is 17.9 Å². The monoisotopic (exact) mass is 479 g/mol. The van der Waals surface area contributed by atoms with Crippen LogP contribution >= 0.6 is 0 Å². The first-order valence-electron chi connectivity index (χ1n) is 11.6. The summed E-state index contributed by atoms with van der Waals surface area (Å²) in [6.45, 7) is 0. The molecule has 2 fully saturated rings. The molecule has 3 aliphatic carbocycles. The number of fused-ring (bicyclic) bond motifs is 1. The molecule has 2 heterocycles. The Bertz CT molecular complexity index is 1380. The van der Waals surface area contributed by atoms with E-state index in [4.69, 9.17) is 4.74 Å². The number of nitrogens with zero attached hydrogens (tertiary/aromatic N) is 3. The van der Waals surface area contributed by atoms with Gasteiger partial charge in [-0.2, -0.15) is 13.5 Å². The zero-order valence-corrected chi connectivity index (χ0v) is 19.3. The van der Waals surface area contributed by atoms with Crippen molar-refractivity contribution in [2.24, 2.45) is 0 Å². The molecule has 0 spiro atoms. The van der Waals surface area contributed by atoms with Gasteiger partial charge < -0.3 is 10.1 Å². The standard InChI is InChI=1S/C24H25N5O4S/c30-24(28-34(31,32)22-11-13-29(27-22)17-5-6-17)26-23-19-3-1-2-15(19)4-9-20(23)16-10-12-25-21(14-16)33-18-7-8-18/h4,9-14,17-18H,1-3,5-8H2,(H2,26,28,30). The maximum atomic E-state index is 12.9. The Morgan fingerprint density at radius 3 is 2.74 bits per heavy atom. The van der Waals surface area contributed by atoms with Crippen LogP contribution in [-0.4, -0.2) is 35.3 Å². The summed E-state index contributed by atoms with van der Waals surface area (Å²) in [6.07, 6.45) is 10.3. The van der Waals surface area contributed by atoms with E-state index >= 15 is 0 Å². The lowest BCUT2D eigenvalue weighted by atomic mass is 9.98. The average Bonchev–Trinajstić information content (AvgIpc) is 3.72. The number of hydrogen-bond donors (Lipinski definition) is 2. The van der Waals surface area contributed by atoms with E-state index in [1.165, 1.54) is 6.07 Å². The fourth-order valence-electron chi connectivity index (χ4n) is 4.37. The van der Waals surface area contributed by atoms with Gasteiger partial charge in [0, 0.05) is 24.0 Å². The molecule has 34 heavy (non-hydrogen) atoms. The number of hydrogen-bond acceptors (Lipinski definition) is 6. The number of aromatic nitrogens is 3. The van der Waals surface area contributed by atoms with Gasteiger partial charge in [-0.15, -0.1) is 0 Å². The summed E-state index contributed by atoms with van der Waals surface area (Å²) in [7, 11) is -4.09. The first kappa shape index (κ1) is 21.2. The Hall–Kier alpha value is -3.40. The SMILES string of the molecule is O=C(Nc1c(-c2ccnc(OC3CC3)c2)ccc2c1CCC2)NS(=O)(=O)c1ccn(C2CC2)n1. The number of amides is 2. The predicted molar refractivity (Wildman–Crippen MR) is 125 cm³/mol. The summed E-state index contributed by atoms with van der Waals surface area (Å²) >= 11 is 0. The van der Waals surface area contributed by atoms with E-state index in [2.05, 4.69) is 26.2 Å². The number of nitrogens with one attached hydrogen (secondary N) is 2. The summed E-state index contributed by atoms with van der Waals surface area (Å²) in [6, 6.07) is 8.61. The van der Waals surface area contributed by atoms with E-state index in [9.17, 15) is 13.2 Å². The van der Waals surface area contributed by atoms with E-state index in [0.29, 0.717) is 11.6 Å². The van der Waals surface area contributed by atoms with E-state index < -0.39 is 16.1 Å². The lowest BCUT2D eigenvalue weighted by molar-refractivity contribution is 0.256. The van der Waals surface area contributed by atoms with E-state index in [0.717, 1.165) is 67.2 Å². The van der Waals surface area contributed by atoms with Crippen LogP contribution in [0.5, 0.6) is 5.88 Å². The molecule has 0 aliphatic heterocycles. The molecule has 0 saturated heterocycles. The number of aryl methyl sites for hydroxylation is 1. The van der Waals surface area contributed by atoms with Gasteiger partial charge in [0.1, 0.15) is 6.10 Å². The molecular formula is C24H25N5O4S. The molecule has 2 saturated carbocycles. The van der Waals surface area contributed by atoms with E-state index in [1.54, 1.807) is 17.1 Å². The zero-order chi connectivity index (χ0) is 23.3. The predicted octanol–water partition coefficient (Wildman–Crippen LogP) is 3.82. The van der Waals surface area contributed by atoms with E-state index in [-0.39, 0.29) is 17.2 Å². The number of anilines is 1. The summed E-state index contributed by atoms with van der Waals surface area (Å²) < 4.78 is 35.1. The molecule has 3 aromatic rings. The van der Waals surface area contributed by atoms with Crippen molar-refractivity contribution in [2.45, 2.75) is 62.1 Å². The normalized spacial score (nSPS) is 17.3. The number of rotatable bonds is 7. The molecule has 0 atom stereocenters. The molecule has 176 valence electrons. The van der Waals surface area contributed by atoms with Gasteiger partial charge in [0.15, 0.2) is 5.03 Å². The first-order chi connectivity index (χ1) is 16.5. The highest BCUT2D eigenvalue weighted by Crippen LogP contribution is 2.39. The van der Waals surface area contributed by atoms with Gasteiger partial charge in [-0.3, -0.25) is 4.68 Å². The molecule has 3 aliphatic rings. The van der Waals surface area contributed by atoms with E-state index in [1.807, 2.05) is 18.2 Å². The third-order valence-corrected chi connectivity index (χ3v) is 7.61. The highest BCUT2D eigenvalue weighted by molar-refractivity contribution is 7.90. The van der Waals surface area contributed by atoms with Crippen LogP contribution in [0.1, 0.15) is 49.3 Å². The summed E-state index contributed by atoms with van der Waals surface area (Å²) in [5.41, 5.74) is 4.46. The third-order valence-electron chi connectivity index (χ3n) is 6.39. The highest BCUT2D eigenvalue weighted by atomic mass is 32.2. The van der Waals surface area contributed by atoms with Crippen molar-refractivity contribution in [3.63, 3.8) is 0 Å². The molecule has 0 bridgehead atoms. The number of carbonyl (C=O) groups excluding carboxylic acids is 1. The molecule has 2 aromatic heterocycles. The Morgan fingerprint density at radius 1 is 1.09 bits per heavy atom. The molecule has 1 aromatic carbocycles. The van der Waals surface area contributed by atoms with Crippen LogP contribution in [-0.2, 0) is 22.9 Å². The van der Waals surface area contributed by atoms with Crippen LogP contribution in [0.4, 0.5) is 10.5 Å². The lowest BCUT2D eigenvalue weighted by Gasteiger charge is -2.17. The van der Waals surface area contributed by atoms with Gasteiger partial charge in [0.05, 0.1) is 11.7 Å². The summed E-state index contributed by atoms with van der Waals surface area (Å²) in [4.78, 5) is 17.2. The Kier molecular flexibility index (Phi) is 5.05. The van der Waals surface area contributed by atoms with Gasteiger partial charge >= 0.3 is 6.03 Å². The number of benzene rings is 1. The summed E-state index contributed by atoms with van der Waals surface area (Å²) in [5.74, 6) is 0.546. The van der Waals surface area contributed by atoms with Gasteiger partial charge in [-0.25, -0.2) is 14.5 Å². The second kappa shape index (κ2) is 8.12. The summed E-state index contributed by atoms with van der Waals surface area (Å²) in [5, 5.41) is 6.79. The van der Waals surface area contributed by atoms with Crippen LogP contribution in [0.2, 0.25) is 0 Å². The minimum atomic E-state index is -4.09. The molecule has 2 amide bonds. The van der Waals surface area contributed by atoms with Crippen molar-refractivity contribution in [3.8, 4) is 17.0 Å². The fourth-order valence-corrected chi connectivity index (χ4v) is 5.21. The van der Waals surface area contributed by atoms with Crippen molar-refractivity contribution in [1.29, 1.82) is 0 Å². The van der Waals surface area contributed by atoms with Crippen LogP contribution in [0.25, 0.3) is 11.1 Å². The van der Waals surface area contributed by atoms with Gasteiger partial charge in [0.25, 0.3) is 10.0 Å². The third kappa shape index (κ3) is 4.25. The minimum Gasteiger partial charge on any atom is -0.474 e. The van der Waals surface area contributed by atoms with Crippen LogP contribution in [0.3, 0.4) is 0 Å². The van der Waals surface area contributed by atoms with Crippen LogP contribution in [0.15, 0.2) is 47.8 Å². The fraction of sp³-hybridized carbons (Fsp3) is 0.375.